The zero-order chi connectivity index (χ0) is 21.0. The molecule has 2 N–H and O–H groups in total. The number of anilines is 1. The summed E-state index contributed by atoms with van der Waals surface area (Å²) in [5, 5.41) is 2.72. The van der Waals surface area contributed by atoms with Gasteiger partial charge in [0, 0.05) is 17.7 Å². The minimum absolute atomic E-state index is 0.0309. The molecule has 2 heterocycles. The highest BCUT2D eigenvalue weighted by Crippen LogP contribution is 2.30. The van der Waals surface area contributed by atoms with Crippen LogP contribution in [0.4, 0.5) is 5.69 Å². The summed E-state index contributed by atoms with van der Waals surface area (Å²) in [5.41, 5.74) is 0.733. The molecule has 8 nitrogen and oxygen atoms in total. The SMILES string of the molecule is O=C(Nc1cccc(S(=O)(=O)NCc2ccco2)c1)c1ccc2c(c1)OCCCO2. The molecular formula is C21H20N2O6S. The van der Waals surface area contributed by atoms with Crippen LogP contribution in [0.3, 0.4) is 0 Å². The first-order valence-corrected chi connectivity index (χ1v) is 10.8. The number of amides is 1. The molecule has 0 spiro atoms. The molecule has 0 aliphatic carbocycles. The molecular weight excluding hydrogens is 408 g/mol. The van der Waals surface area contributed by atoms with E-state index in [1.807, 2.05) is 0 Å². The summed E-state index contributed by atoms with van der Waals surface area (Å²) in [5.74, 6) is 1.22. The molecule has 0 fully saturated rings. The molecule has 156 valence electrons. The van der Waals surface area contributed by atoms with Crippen molar-refractivity contribution in [3.8, 4) is 11.5 Å². The van der Waals surface area contributed by atoms with Crippen molar-refractivity contribution in [2.45, 2.75) is 17.9 Å². The van der Waals surface area contributed by atoms with Gasteiger partial charge in [0.15, 0.2) is 11.5 Å². The van der Waals surface area contributed by atoms with Crippen molar-refractivity contribution in [1.29, 1.82) is 0 Å². The van der Waals surface area contributed by atoms with E-state index in [2.05, 4.69) is 10.0 Å². The fourth-order valence-corrected chi connectivity index (χ4v) is 3.95. The van der Waals surface area contributed by atoms with Crippen LogP contribution < -0.4 is 19.5 Å². The maximum absolute atomic E-state index is 12.6. The van der Waals surface area contributed by atoms with E-state index in [0.717, 1.165) is 6.42 Å². The summed E-state index contributed by atoms with van der Waals surface area (Å²) in [7, 11) is -3.77. The molecule has 1 aliphatic rings. The van der Waals surface area contributed by atoms with Gasteiger partial charge in [-0.1, -0.05) is 6.07 Å². The summed E-state index contributed by atoms with van der Waals surface area (Å²) in [4.78, 5) is 12.7. The highest BCUT2D eigenvalue weighted by atomic mass is 32.2. The molecule has 0 radical (unpaired) electrons. The monoisotopic (exact) mass is 428 g/mol. The first-order valence-electron chi connectivity index (χ1n) is 9.34. The summed E-state index contributed by atoms with van der Waals surface area (Å²) < 4.78 is 43.8. The second-order valence-electron chi connectivity index (χ2n) is 6.60. The Morgan fingerprint density at radius 1 is 0.967 bits per heavy atom. The number of ether oxygens (including phenoxy) is 2. The normalized spacial score (nSPS) is 13.5. The Bertz CT molecular complexity index is 1140. The highest BCUT2D eigenvalue weighted by molar-refractivity contribution is 7.89. The topological polar surface area (TPSA) is 107 Å². The van der Waals surface area contributed by atoms with Gasteiger partial charge in [0.25, 0.3) is 5.91 Å². The van der Waals surface area contributed by atoms with Crippen molar-refractivity contribution in [1.82, 2.24) is 4.72 Å². The summed E-state index contributed by atoms with van der Waals surface area (Å²) in [6.07, 6.45) is 2.24. The van der Waals surface area contributed by atoms with E-state index in [4.69, 9.17) is 13.9 Å². The molecule has 1 aliphatic heterocycles. The van der Waals surface area contributed by atoms with Gasteiger partial charge < -0.3 is 19.2 Å². The lowest BCUT2D eigenvalue weighted by Crippen LogP contribution is -2.23. The number of benzene rings is 2. The molecule has 9 heteroatoms. The third-order valence-corrected chi connectivity index (χ3v) is 5.83. The molecule has 0 unspecified atom stereocenters. The maximum Gasteiger partial charge on any atom is 0.255 e. The Labute approximate surface area is 173 Å². The number of hydrogen-bond acceptors (Lipinski definition) is 6. The van der Waals surface area contributed by atoms with E-state index in [0.29, 0.717) is 41.7 Å². The molecule has 0 atom stereocenters. The van der Waals surface area contributed by atoms with Gasteiger partial charge >= 0.3 is 0 Å². The van der Waals surface area contributed by atoms with Gasteiger partial charge in [-0.05, 0) is 48.5 Å². The molecule has 2 aromatic carbocycles. The summed E-state index contributed by atoms with van der Waals surface area (Å²) >= 11 is 0. The van der Waals surface area contributed by atoms with Crippen LogP contribution in [-0.2, 0) is 16.6 Å². The van der Waals surface area contributed by atoms with Gasteiger partial charge in [0.2, 0.25) is 10.0 Å². The number of carbonyl (C=O) groups excluding carboxylic acids is 1. The standard InChI is InChI=1S/C21H20N2O6S/c24-21(15-7-8-19-20(12-15)29-11-3-10-28-19)23-16-4-1-6-18(13-16)30(25,26)22-14-17-5-2-9-27-17/h1-2,4-9,12-13,22H,3,10-11,14H2,(H,23,24). The molecule has 4 rings (SSSR count). The van der Waals surface area contributed by atoms with E-state index in [-0.39, 0.29) is 17.3 Å². The fraction of sp³-hybridized carbons (Fsp3) is 0.190. The average molecular weight is 428 g/mol. The molecule has 0 saturated heterocycles. The third-order valence-electron chi connectivity index (χ3n) is 4.43. The van der Waals surface area contributed by atoms with Crippen LogP contribution in [0.15, 0.2) is 70.2 Å². The highest BCUT2D eigenvalue weighted by Gasteiger charge is 2.17. The molecule has 0 saturated carbocycles. The molecule has 0 bridgehead atoms. The van der Waals surface area contributed by atoms with Crippen molar-refractivity contribution in [2.75, 3.05) is 18.5 Å². The zero-order valence-electron chi connectivity index (χ0n) is 16.0. The summed E-state index contributed by atoms with van der Waals surface area (Å²) in [6, 6.07) is 14.3. The maximum atomic E-state index is 12.6. The lowest BCUT2D eigenvalue weighted by Gasteiger charge is -2.11. The molecule has 1 amide bonds. The summed E-state index contributed by atoms with van der Waals surface area (Å²) in [6.45, 7) is 1.11. The van der Waals surface area contributed by atoms with Gasteiger partial charge in [-0.25, -0.2) is 13.1 Å². The fourth-order valence-electron chi connectivity index (χ4n) is 2.91. The predicted octanol–water partition coefficient (Wildman–Crippen LogP) is 3.17. The smallest absolute Gasteiger partial charge is 0.255 e. The van der Waals surface area contributed by atoms with Gasteiger partial charge in [-0.3, -0.25) is 4.79 Å². The first-order chi connectivity index (χ1) is 14.5. The van der Waals surface area contributed by atoms with Crippen molar-refractivity contribution in [3.63, 3.8) is 0 Å². The number of hydrogen-bond donors (Lipinski definition) is 2. The Morgan fingerprint density at radius 3 is 2.60 bits per heavy atom. The van der Waals surface area contributed by atoms with Gasteiger partial charge in [-0.15, -0.1) is 0 Å². The lowest BCUT2D eigenvalue weighted by atomic mass is 10.2. The Morgan fingerprint density at radius 2 is 1.80 bits per heavy atom. The van der Waals surface area contributed by atoms with Gasteiger partial charge in [-0.2, -0.15) is 0 Å². The average Bonchev–Trinajstić information content (AvgIpc) is 3.16. The predicted molar refractivity (Wildman–Crippen MR) is 109 cm³/mol. The van der Waals surface area contributed by atoms with Crippen LogP contribution in [0.25, 0.3) is 0 Å². The van der Waals surface area contributed by atoms with Crippen LogP contribution in [0.5, 0.6) is 11.5 Å². The van der Waals surface area contributed by atoms with E-state index in [1.165, 1.54) is 18.4 Å². The lowest BCUT2D eigenvalue weighted by molar-refractivity contribution is 0.102. The number of nitrogens with one attached hydrogen (secondary N) is 2. The van der Waals surface area contributed by atoms with E-state index >= 15 is 0 Å². The van der Waals surface area contributed by atoms with Crippen molar-refractivity contribution < 1.29 is 27.1 Å². The van der Waals surface area contributed by atoms with Crippen LogP contribution in [0, 0.1) is 0 Å². The van der Waals surface area contributed by atoms with Crippen LogP contribution in [0.1, 0.15) is 22.5 Å². The number of fused-ring (bicyclic) bond motifs is 1. The third kappa shape index (κ3) is 4.64. The number of furan rings is 1. The van der Waals surface area contributed by atoms with Gasteiger partial charge in [0.1, 0.15) is 5.76 Å². The van der Waals surface area contributed by atoms with E-state index in [1.54, 1.807) is 42.5 Å². The second kappa shape index (κ2) is 8.60. The second-order valence-corrected chi connectivity index (χ2v) is 8.36. The van der Waals surface area contributed by atoms with Crippen molar-refractivity contribution >= 4 is 21.6 Å². The zero-order valence-corrected chi connectivity index (χ0v) is 16.8. The van der Waals surface area contributed by atoms with Gasteiger partial charge in [0.05, 0.1) is 30.9 Å². The molecule has 3 aromatic rings. The number of sulfonamides is 1. The molecule has 30 heavy (non-hydrogen) atoms. The Balaban J connectivity index is 1.47. The van der Waals surface area contributed by atoms with Crippen molar-refractivity contribution in [2.24, 2.45) is 0 Å². The Hall–Kier alpha value is -3.30. The number of carbonyl (C=O) groups is 1. The minimum Gasteiger partial charge on any atom is -0.490 e. The van der Waals surface area contributed by atoms with E-state index < -0.39 is 10.0 Å². The Kier molecular flexibility index (Phi) is 5.73. The largest absolute Gasteiger partial charge is 0.490 e. The van der Waals surface area contributed by atoms with Crippen LogP contribution >= 0.6 is 0 Å². The van der Waals surface area contributed by atoms with E-state index in [9.17, 15) is 13.2 Å². The quantitative estimate of drug-likeness (QED) is 0.625. The minimum atomic E-state index is -3.77. The van der Waals surface area contributed by atoms with Crippen LogP contribution in [0.2, 0.25) is 0 Å². The van der Waals surface area contributed by atoms with Crippen LogP contribution in [-0.4, -0.2) is 27.5 Å². The first kappa shape index (κ1) is 20.0. The molecule has 1 aromatic heterocycles. The van der Waals surface area contributed by atoms with Crippen molar-refractivity contribution in [3.05, 3.63) is 72.2 Å². The number of rotatable bonds is 6.